The number of aromatic nitrogens is 5. The summed E-state index contributed by atoms with van der Waals surface area (Å²) in [4.78, 5) is 4.04. The van der Waals surface area contributed by atoms with Gasteiger partial charge in [0, 0.05) is 62.6 Å². The van der Waals surface area contributed by atoms with Crippen molar-refractivity contribution in [1.29, 1.82) is 0 Å². The predicted octanol–water partition coefficient (Wildman–Crippen LogP) is 1.83. The molecule has 0 radical (unpaired) electrons. The third-order valence-corrected chi connectivity index (χ3v) is 3.03. The monoisotopic (exact) mass is 268 g/mol. The zero-order valence-electron chi connectivity index (χ0n) is 11.5. The van der Waals surface area contributed by atoms with E-state index in [1.54, 1.807) is 17.1 Å². The first kappa shape index (κ1) is 12.4. The quantitative estimate of drug-likeness (QED) is 0.784. The first-order valence-corrected chi connectivity index (χ1v) is 6.39. The highest BCUT2D eigenvalue weighted by molar-refractivity contribution is 5.62. The largest absolute Gasteiger partial charge is 0.364 e. The standard InChI is InChI=1S/C14H16N6/c1-19-8-5-13(17-19)16-9-12-10-20(2)18-14(12)11-3-6-15-7-4-11/h3-8,10H,9H2,1-2H3,(H,16,17). The van der Waals surface area contributed by atoms with E-state index in [0.29, 0.717) is 6.54 Å². The average molecular weight is 268 g/mol. The Morgan fingerprint density at radius 3 is 2.55 bits per heavy atom. The van der Waals surface area contributed by atoms with Crippen LogP contribution in [0.15, 0.2) is 43.0 Å². The van der Waals surface area contributed by atoms with E-state index < -0.39 is 0 Å². The number of pyridine rings is 1. The van der Waals surface area contributed by atoms with Gasteiger partial charge in [0.15, 0.2) is 0 Å². The molecule has 0 aliphatic heterocycles. The minimum absolute atomic E-state index is 0.683. The summed E-state index contributed by atoms with van der Waals surface area (Å²) < 4.78 is 3.60. The molecule has 0 aliphatic carbocycles. The van der Waals surface area contributed by atoms with E-state index in [2.05, 4.69) is 20.5 Å². The number of nitrogens with zero attached hydrogens (tertiary/aromatic N) is 5. The molecule has 1 N–H and O–H groups in total. The molecule has 0 unspecified atom stereocenters. The van der Waals surface area contributed by atoms with Crippen LogP contribution in [-0.2, 0) is 20.6 Å². The van der Waals surface area contributed by atoms with Crippen molar-refractivity contribution >= 4 is 5.82 Å². The van der Waals surface area contributed by atoms with Gasteiger partial charge in [-0.2, -0.15) is 10.2 Å². The highest BCUT2D eigenvalue weighted by Gasteiger charge is 2.10. The minimum Gasteiger partial charge on any atom is -0.364 e. The maximum Gasteiger partial charge on any atom is 0.148 e. The SMILES string of the molecule is Cn1ccc(NCc2cn(C)nc2-c2ccncc2)n1. The van der Waals surface area contributed by atoms with Gasteiger partial charge < -0.3 is 5.32 Å². The van der Waals surface area contributed by atoms with Gasteiger partial charge in [0.25, 0.3) is 0 Å². The molecular formula is C14H16N6. The van der Waals surface area contributed by atoms with Crippen LogP contribution in [0.5, 0.6) is 0 Å². The molecule has 0 atom stereocenters. The van der Waals surface area contributed by atoms with Crippen molar-refractivity contribution in [3.8, 4) is 11.3 Å². The zero-order chi connectivity index (χ0) is 13.9. The number of anilines is 1. The fraction of sp³-hybridized carbons (Fsp3) is 0.214. The summed E-state index contributed by atoms with van der Waals surface area (Å²) in [5, 5.41) is 12.1. The van der Waals surface area contributed by atoms with Gasteiger partial charge in [-0.05, 0) is 12.1 Å². The Bertz CT molecular complexity index is 698. The van der Waals surface area contributed by atoms with Crippen LogP contribution in [0.4, 0.5) is 5.82 Å². The summed E-state index contributed by atoms with van der Waals surface area (Å²) in [6, 6.07) is 5.88. The molecule has 3 aromatic heterocycles. The summed E-state index contributed by atoms with van der Waals surface area (Å²) in [6.45, 7) is 0.683. The molecule has 102 valence electrons. The Morgan fingerprint density at radius 2 is 1.85 bits per heavy atom. The second-order valence-corrected chi connectivity index (χ2v) is 4.64. The number of nitrogens with one attached hydrogen (secondary N) is 1. The van der Waals surface area contributed by atoms with Crippen molar-refractivity contribution in [2.75, 3.05) is 5.32 Å². The molecule has 0 saturated carbocycles. The van der Waals surface area contributed by atoms with E-state index >= 15 is 0 Å². The molecule has 0 amide bonds. The number of hydrogen-bond acceptors (Lipinski definition) is 4. The van der Waals surface area contributed by atoms with E-state index in [-0.39, 0.29) is 0 Å². The van der Waals surface area contributed by atoms with E-state index in [4.69, 9.17) is 0 Å². The second kappa shape index (κ2) is 5.16. The van der Waals surface area contributed by atoms with Crippen LogP contribution < -0.4 is 5.32 Å². The Kier molecular flexibility index (Phi) is 3.20. The lowest BCUT2D eigenvalue weighted by Crippen LogP contribution is -2.01. The third-order valence-electron chi connectivity index (χ3n) is 3.03. The van der Waals surface area contributed by atoms with Gasteiger partial charge in [-0.3, -0.25) is 14.3 Å². The molecule has 0 aliphatic rings. The lowest BCUT2D eigenvalue weighted by molar-refractivity contribution is 0.766. The molecule has 3 aromatic rings. The van der Waals surface area contributed by atoms with Gasteiger partial charge in [0.2, 0.25) is 0 Å². The van der Waals surface area contributed by atoms with Crippen molar-refractivity contribution < 1.29 is 0 Å². The Morgan fingerprint density at radius 1 is 1.05 bits per heavy atom. The van der Waals surface area contributed by atoms with Crippen molar-refractivity contribution in [2.24, 2.45) is 14.1 Å². The molecule has 0 fully saturated rings. The minimum atomic E-state index is 0.683. The molecule has 3 heterocycles. The fourth-order valence-electron chi connectivity index (χ4n) is 2.11. The molecule has 0 bridgehead atoms. The number of hydrogen-bond donors (Lipinski definition) is 1. The molecule has 0 aromatic carbocycles. The van der Waals surface area contributed by atoms with Crippen molar-refractivity contribution in [3.63, 3.8) is 0 Å². The molecule has 20 heavy (non-hydrogen) atoms. The normalized spacial score (nSPS) is 10.7. The maximum atomic E-state index is 4.52. The maximum absolute atomic E-state index is 4.52. The summed E-state index contributed by atoms with van der Waals surface area (Å²) >= 11 is 0. The van der Waals surface area contributed by atoms with Crippen LogP contribution in [0, 0.1) is 0 Å². The van der Waals surface area contributed by atoms with Gasteiger partial charge in [-0.1, -0.05) is 0 Å². The molecule has 0 spiro atoms. The van der Waals surface area contributed by atoms with E-state index in [1.807, 2.05) is 49.4 Å². The van der Waals surface area contributed by atoms with Gasteiger partial charge >= 0.3 is 0 Å². The Balaban J connectivity index is 1.83. The van der Waals surface area contributed by atoms with E-state index in [0.717, 1.165) is 22.6 Å². The number of rotatable bonds is 4. The van der Waals surface area contributed by atoms with Gasteiger partial charge in [0.05, 0.1) is 5.69 Å². The van der Waals surface area contributed by atoms with Crippen LogP contribution in [-0.4, -0.2) is 24.5 Å². The second-order valence-electron chi connectivity index (χ2n) is 4.64. The van der Waals surface area contributed by atoms with Crippen molar-refractivity contribution in [2.45, 2.75) is 6.54 Å². The van der Waals surface area contributed by atoms with Crippen LogP contribution in [0.1, 0.15) is 5.56 Å². The Labute approximate surface area is 117 Å². The van der Waals surface area contributed by atoms with Gasteiger partial charge in [-0.25, -0.2) is 0 Å². The number of aryl methyl sites for hydroxylation is 2. The topological polar surface area (TPSA) is 60.6 Å². The highest BCUT2D eigenvalue weighted by atomic mass is 15.3. The van der Waals surface area contributed by atoms with Crippen LogP contribution in [0.3, 0.4) is 0 Å². The predicted molar refractivity (Wildman–Crippen MR) is 77.0 cm³/mol. The lowest BCUT2D eigenvalue weighted by atomic mass is 10.1. The average Bonchev–Trinajstić information content (AvgIpc) is 3.03. The molecular weight excluding hydrogens is 252 g/mol. The van der Waals surface area contributed by atoms with E-state index in [9.17, 15) is 0 Å². The molecule has 6 heteroatoms. The molecule has 3 rings (SSSR count). The smallest absolute Gasteiger partial charge is 0.148 e. The summed E-state index contributed by atoms with van der Waals surface area (Å²) in [5.74, 6) is 0.858. The van der Waals surface area contributed by atoms with Crippen LogP contribution >= 0.6 is 0 Å². The first-order valence-electron chi connectivity index (χ1n) is 6.39. The summed E-state index contributed by atoms with van der Waals surface area (Å²) in [7, 11) is 3.83. The first-order chi connectivity index (χ1) is 9.72. The summed E-state index contributed by atoms with van der Waals surface area (Å²) in [6.07, 6.45) is 7.49. The van der Waals surface area contributed by atoms with Gasteiger partial charge in [0.1, 0.15) is 5.82 Å². The Hall–Kier alpha value is -2.63. The van der Waals surface area contributed by atoms with Gasteiger partial charge in [-0.15, -0.1) is 0 Å². The highest BCUT2D eigenvalue weighted by Crippen LogP contribution is 2.21. The van der Waals surface area contributed by atoms with E-state index in [1.165, 1.54) is 0 Å². The van der Waals surface area contributed by atoms with Crippen molar-refractivity contribution in [1.82, 2.24) is 24.5 Å². The van der Waals surface area contributed by atoms with Crippen LogP contribution in [0.25, 0.3) is 11.3 Å². The van der Waals surface area contributed by atoms with Crippen molar-refractivity contribution in [3.05, 3.63) is 48.5 Å². The summed E-state index contributed by atoms with van der Waals surface area (Å²) in [5.41, 5.74) is 3.17. The molecule has 0 saturated heterocycles. The third kappa shape index (κ3) is 2.54. The molecule has 6 nitrogen and oxygen atoms in total. The zero-order valence-corrected chi connectivity index (χ0v) is 11.5. The van der Waals surface area contributed by atoms with Crippen LogP contribution in [0.2, 0.25) is 0 Å². The lowest BCUT2D eigenvalue weighted by Gasteiger charge is -2.03. The fourth-order valence-corrected chi connectivity index (χ4v) is 2.11.